The molecule has 0 aromatic heterocycles. The van der Waals surface area contributed by atoms with Gasteiger partial charge in [0.1, 0.15) is 5.75 Å². The van der Waals surface area contributed by atoms with Crippen LogP contribution in [-0.4, -0.2) is 61.1 Å². The number of benzene rings is 1. The summed E-state index contributed by atoms with van der Waals surface area (Å²) in [6.45, 7) is 2.95. The van der Waals surface area contributed by atoms with Gasteiger partial charge in [-0.15, -0.1) is 0 Å². The maximum atomic E-state index is 12.7. The van der Waals surface area contributed by atoms with E-state index in [2.05, 4.69) is 11.9 Å². The van der Waals surface area contributed by atoms with E-state index < -0.39 is 0 Å². The third kappa shape index (κ3) is 2.39. The van der Waals surface area contributed by atoms with Gasteiger partial charge >= 0.3 is 0 Å². The average molecular weight is 275 g/mol. The molecule has 1 fully saturated rings. The van der Waals surface area contributed by atoms with Crippen LogP contribution >= 0.6 is 0 Å². The Balaban J connectivity index is 1.71. The van der Waals surface area contributed by atoms with Crippen LogP contribution in [0.3, 0.4) is 0 Å². The monoisotopic (exact) mass is 275 g/mol. The fourth-order valence-corrected chi connectivity index (χ4v) is 3.01. The van der Waals surface area contributed by atoms with Gasteiger partial charge in [0.15, 0.2) is 6.10 Å². The van der Waals surface area contributed by atoms with Gasteiger partial charge in [-0.2, -0.15) is 0 Å². The lowest BCUT2D eigenvalue weighted by Gasteiger charge is -2.40. The molecule has 2 heterocycles. The zero-order chi connectivity index (χ0) is 14.1. The minimum atomic E-state index is -0.384. The van der Waals surface area contributed by atoms with Crippen LogP contribution in [0.1, 0.15) is 5.56 Å². The Bertz CT molecular complexity index is 481. The molecular formula is C15H21N3O2. The van der Waals surface area contributed by atoms with Gasteiger partial charge in [0, 0.05) is 32.6 Å². The van der Waals surface area contributed by atoms with E-state index in [0.29, 0.717) is 13.0 Å². The number of carbonyl (C=O) groups excluding carboxylic acids is 1. The molecule has 0 saturated carbocycles. The molecule has 2 N–H and O–H groups in total. The van der Waals surface area contributed by atoms with Crippen molar-refractivity contribution in [2.45, 2.75) is 18.6 Å². The van der Waals surface area contributed by atoms with Crippen molar-refractivity contribution in [2.75, 3.05) is 33.2 Å². The first kappa shape index (κ1) is 13.4. The Kier molecular flexibility index (Phi) is 3.63. The van der Waals surface area contributed by atoms with Gasteiger partial charge in [0.05, 0.1) is 6.04 Å². The van der Waals surface area contributed by atoms with Gasteiger partial charge in [-0.05, 0) is 18.7 Å². The normalized spacial score (nSPS) is 26.2. The summed E-state index contributed by atoms with van der Waals surface area (Å²) < 4.78 is 5.80. The third-order valence-electron chi connectivity index (χ3n) is 4.16. The molecule has 0 bridgehead atoms. The maximum absolute atomic E-state index is 12.7. The Morgan fingerprint density at radius 1 is 1.40 bits per heavy atom. The number of hydrogen-bond donors (Lipinski definition) is 1. The Morgan fingerprint density at radius 2 is 2.20 bits per heavy atom. The molecule has 2 aliphatic rings. The SMILES string of the molecule is CN1CCN(C(=O)C2Cc3ccccc3O2)C(CN)C1. The number of amides is 1. The number of carbonyl (C=O) groups is 1. The second kappa shape index (κ2) is 5.42. The molecule has 20 heavy (non-hydrogen) atoms. The number of likely N-dealkylation sites (N-methyl/N-ethyl adjacent to an activating group) is 1. The lowest BCUT2D eigenvalue weighted by atomic mass is 10.1. The van der Waals surface area contributed by atoms with Gasteiger partial charge in [-0.3, -0.25) is 4.79 Å². The number of nitrogens with two attached hydrogens (primary N) is 1. The van der Waals surface area contributed by atoms with Crippen molar-refractivity contribution >= 4 is 5.91 Å². The second-order valence-corrected chi connectivity index (χ2v) is 5.60. The first-order valence-electron chi connectivity index (χ1n) is 7.12. The number of piperazine rings is 1. The quantitative estimate of drug-likeness (QED) is 0.831. The first-order valence-corrected chi connectivity index (χ1v) is 7.12. The average Bonchev–Trinajstić information content (AvgIpc) is 2.90. The maximum Gasteiger partial charge on any atom is 0.264 e. The van der Waals surface area contributed by atoms with Crippen LogP contribution in [0, 0.1) is 0 Å². The minimum Gasteiger partial charge on any atom is -0.480 e. The van der Waals surface area contributed by atoms with Gasteiger partial charge in [0.2, 0.25) is 0 Å². The van der Waals surface area contributed by atoms with Crippen LogP contribution in [0.4, 0.5) is 0 Å². The molecule has 1 aromatic carbocycles. The summed E-state index contributed by atoms with van der Waals surface area (Å²) in [7, 11) is 2.06. The molecule has 0 radical (unpaired) electrons. The Hall–Kier alpha value is -1.59. The van der Waals surface area contributed by atoms with Crippen molar-refractivity contribution in [3.05, 3.63) is 29.8 Å². The fraction of sp³-hybridized carbons (Fsp3) is 0.533. The van der Waals surface area contributed by atoms with Crippen LogP contribution in [0.15, 0.2) is 24.3 Å². The highest BCUT2D eigenvalue weighted by Gasteiger charge is 2.36. The minimum absolute atomic E-state index is 0.0738. The summed E-state index contributed by atoms with van der Waals surface area (Å²) >= 11 is 0. The molecule has 1 aromatic rings. The lowest BCUT2D eigenvalue weighted by molar-refractivity contribution is -0.142. The summed E-state index contributed by atoms with van der Waals surface area (Å²) in [5, 5.41) is 0. The third-order valence-corrected chi connectivity index (χ3v) is 4.16. The van der Waals surface area contributed by atoms with Crippen LogP contribution in [0.25, 0.3) is 0 Å². The van der Waals surface area contributed by atoms with E-state index in [1.54, 1.807) is 0 Å². The van der Waals surface area contributed by atoms with Crippen molar-refractivity contribution in [2.24, 2.45) is 5.73 Å². The number of ether oxygens (including phenoxy) is 1. The summed E-state index contributed by atoms with van der Waals surface area (Å²) in [6, 6.07) is 7.95. The molecule has 0 aliphatic carbocycles. The highest BCUT2D eigenvalue weighted by molar-refractivity contribution is 5.83. The molecule has 1 amide bonds. The Labute approximate surface area is 119 Å². The summed E-state index contributed by atoms with van der Waals surface area (Å²) in [5.41, 5.74) is 6.93. The number of nitrogens with zero attached hydrogens (tertiary/aromatic N) is 2. The van der Waals surface area contributed by atoms with E-state index in [4.69, 9.17) is 10.5 Å². The molecule has 108 valence electrons. The van der Waals surface area contributed by atoms with Crippen molar-refractivity contribution in [1.82, 2.24) is 9.80 Å². The highest BCUT2D eigenvalue weighted by Crippen LogP contribution is 2.29. The van der Waals surface area contributed by atoms with Gasteiger partial charge < -0.3 is 20.3 Å². The number of rotatable bonds is 2. The molecule has 5 heteroatoms. The molecule has 3 rings (SSSR count). The zero-order valence-electron chi connectivity index (χ0n) is 11.8. The molecule has 5 nitrogen and oxygen atoms in total. The number of para-hydroxylation sites is 1. The van der Waals surface area contributed by atoms with Crippen LogP contribution in [-0.2, 0) is 11.2 Å². The topological polar surface area (TPSA) is 58.8 Å². The van der Waals surface area contributed by atoms with Gasteiger partial charge in [-0.25, -0.2) is 0 Å². The van der Waals surface area contributed by atoms with E-state index in [1.807, 2.05) is 29.2 Å². The predicted octanol–water partition coefficient (Wildman–Crippen LogP) is 0.0914. The van der Waals surface area contributed by atoms with E-state index in [-0.39, 0.29) is 18.1 Å². The van der Waals surface area contributed by atoms with Crippen molar-refractivity contribution in [3.8, 4) is 5.75 Å². The standard InChI is InChI=1S/C15H21N3O2/c1-17-6-7-18(12(9-16)10-17)15(19)14-8-11-4-2-3-5-13(11)20-14/h2-5,12,14H,6-10,16H2,1H3. The lowest BCUT2D eigenvalue weighted by Crippen LogP contribution is -2.59. The zero-order valence-corrected chi connectivity index (χ0v) is 11.8. The predicted molar refractivity (Wildman–Crippen MR) is 76.6 cm³/mol. The number of hydrogen-bond acceptors (Lipinski definition) is 4. The van der Waals surface area contributed by atoms with Crippen molar-refractivity contribution in [1.29, 1.82) is 0 Å². The largest absolute Gasteiger partial charge is 0.480 e. The number of fused-ring (bicyclic) bond motifs is 1. The van der Waals surface area contributed by atoms with Crippen molar-refractivity contribution < 1.29 is 9.53 Å². The Morgan fingerprint density at radius 3 is 2.95 bits per heavy atom. The van der Waals surface area contributed by atoms with Crippen molar-refractivity contribution in [3.63, 3.8) is 0 Å². The van der Waals surface area contributed by atoms with Gasteiger partial charge in [-0.1, -0.05) is 18.2 Å². The molecule has 1 saturated heterocycles. The van der Waals surface area contributed by atoms with Crippen LogP contribution in [0.2, 0.25) is 0 Å². The van der Waals surface area contributed by atoms with Gasteiger partial charge in [0.25, 0.3) is 5.91 Å². The van der Waals surface area contributed by atoms with E-state index >= 15 is 0 Å². The second-order valence-electron chi connectivity index (χ2n) is 5.60. The van der Waals surface area contributed by atoms with E-state index in [9.17, 15) is 4.79 Å². The molecular weight excluding hydrogens is 254 g/mol. The fourth-order valence-electron chi connectivity index (χ4n) is 3.01. The summed E-state index contributed by atoms with van der Waals surface area (Å²) in [5.74, 6) is 0.911. The molecule has 2 aliphatic heterocycles. The summed E-state index contributed by atoms with van der Waals surface area (Å²) in [4.78, 5) is 16.8. The smallest absolute Gasteiger partial charge is 0.264 e. The molecule has 2 unspecified atom stereocenters. The molecule has 0 spiro atoms. The van der Waals surface area contributed by atoms with E-state index in [0.717, 1.165) is 30.9 Å². The first-order chi connectivity index (χ1) is 9.69. The summed E-state index contributed by atoms with van der Waals surface area (Å²) in [6.07, 6.45) is 0.281. The molecule has 2 atom stereocenters. The van der Waals surface area contributed by atoms with Crippen LogP contribution in [0.5, 0.6) is 5.75 Å². The highest BCUT2D eigenvalue weighted by atomic mass is 16.5. The van der Waals surface area contributed by atoms with E-state index in [1.165, 1.54) is 0 Å². The van der Waals surface area contributed by atoms with Crippen LogP contribution < -0.4 is 10.5 Å².